The number of nitrogens with zero attached hydrogens (tertiary/aromatic N) is 2. The van der Waals surface area contributed by atoms with E-state index in [0.29, 0.717) is 5.03 Å². The largest absolute Gasteiger partial charge is 0.241 e. The molecule has 0 saturated carbocycles. The van der Waals surface area contributed by atoms with Crippen LogP contribution in [0.1, 0.15) is 23.9 Å². The molecule has 0 N–H and O–H groups in total. The fourth-order valence-electron chi connectivity index (χ4n) is 1.08. The quantitative estimate of drug-likeness (QED) is 0.668. The molecule has 1 aromatic rings. The van der Waals surface area contributed by atoms with Crippen molar-refractivity contribution in [2.24, 2.45) is 0 Å². The summed E-state index contributed by atoms with van der Waals surface area (Å²) < 4.78 is 0. The van der Waals surface area contributed by atoms with Gasteiger partial charge in [0.1, 0.15) is 6.33 Å². The highest BCUT2D eigenvalue weighted by molar-refractivity contribution is 6.48. The van der Waals surface area contributed by atoms with E-state index in [2.05, 4.69) is 9.97 Å². The van der Waals surface area contributed by atoms with Crippen molar-refractivity contribution < 1.29 is 0 Å². The predicted octanol–water partition coefficient (Wildman–Crippen LogP) is 2.69. The van der Waals surface area contributed by atoms with Crippen LogP contribution in [-0.2, 0) is 0 Å². The van der Waals surface area contributed by atoms with Crippen molar-refractivity contribution in [2.75, 3.05) is 0 Å². The van der Waals surface area contributed by atoms with Gasteiger partial charge in [-0.15, -0.1) is 0 Å². The lowest BCUT2D eigenvalue weighted by atomic mass is 10.1. The van der Waals surface area contributed by atoms with Crippen LogP contribution >= 0.6 is 11.6 Å². The van der Waals surface area contributed by atoms with Gasteiger partial charge < -0.3 is 0 Å². The first kappa shape index (κ1) is 9.20. The van der Waals surface area contributed by atoms with Crippen molar-refractivity contribution in [3.05, 3.63) is 29.4 Å². The molecule has 12 heavy (non-hydrogen) atoms. The summed E-state index contributed by atoms with van der Waals surface area (Å²) in [6, 6.07) is 0. The second kappa shape index (κ2) is 3.68. The zero-order valence-electron chi connectivity index (χ0n) is 7.43. The van der Waals surface area contributed by atoms with E-state index in [1.54, 1.807) is 6.33 Å². The van der Waals surface area contributed by atoms with Gasteiger partial charge in [0, 0.05) is 22.0 Å². The molecule has 0 aliphatic heterocycles. The third-order valence-electron chi connectivity index (χ3n) is 1.72. The summed E-state index contributed by atoms with van der Waals surface area (Å²) in [5, 5.41) is 0.714. The maximum Gasteiger partial charge on any atom is 0.115 e. The summed E-state index contributed by atoms with van der Waals surface area (Å²) in [6.07, 6.45) is 3.40. The fraction of sp³-hybridized carbons (Fsp3) is 0.333. The molecule has 0 aliphatic carbocycles. The summed E-state index contributed by atoms with van der Waals surface area (Å²) in [7, 11) is 0. The molecule has 0 fully saturated rings. The van der Waals surface area contributed by atoms with Crippen molar-refractivity contribution in [1.82, 2.24) is 9.97 Å². The Morgan fingerprint density at radius 2 is 1.83 bits per heavy atom. The van der Waals surface area contributed by atoms with Crippen molar-refractivity contribution in [3.8, 4) is 0 Å². The monoisotopic (exact) mass is 182 g/mol. The molecule has 0 radical (unpaired) electrons. The average molecular weight is 183 g/mol. The molecule has 0 spiro atoms. The van der Waals surface area contributed by atoms with Gasteiger partial charge in [-0.2, -0.15) is 0 Å². The molecule has 3 heteroatoms. The standard InChI is InChI=1S/C9H11ClN2/c1-4-8(10)9-6(2)11-5-12-7(9)3/h4-5H,1-3H3/b8-4+. The summed E-state index contributed by atoms with van der Waals surface area (Å²) >= 11 is 5.98. The van der Waals surface area contributed by atoms with E-state index in [4.69, 9.17) is 11.6 Å². The van der Waals surface area contributed by atoms with Gasteiger partial charge in [-0.3, -0.25) is 0 Å². The first-order valence-corrected chi connectivity index (χ1v) is 4.15. The van der Waals surface area contributed by atoms with Gasteiger partial charge in [0.25, 0.3) is 0 Å². The Morgan fingerprint density at radius 3 is 2.25 bits per heavy atom. The number of allylic oxidation sites excluding steroid dienone is 1. The minimum absolute atomic E-state index is 0.714. The van der Waals surface area contributed by atoms with Crippen LogP contribution < -0.4 is 0 Å². The molecule has 0 aromatic carbocycles. The highest BCUT2D eigenvalue weighted by atomic mass is 35.5. The van der Waals surface area contributed by atoms with E-state index in [-0.39, 0.29) is 0 Å². The van der Waals surface area contributed by atoms with E-state index < -0.39 is 0 Å². The number of aromatic nitrogens is 2. The maximum atomic E-state index is 5.98. The van der Waals surface area contributed by atoms with Gasteiger partial charge in [0.15, 0.2) is 0 Å². The number of hydrogen-bond donors (Lipinski definition) is 0. The first-order chi connectivity index (χ1) is 5.66. The lowest BCUT2D eigenvalue weighted by molar-refractivity contribution is 1.04. The number of hydrogen-bond acceptors (Lipinski definition) is 2. The molecule has 0 atom stereocenters. The van der Waals surface area contributed by atoms with Crippen LogP contribution in [0.2, 0.25) is 0 Å². The van der Waals surface area contributed by atoms with Gasteiger partial charge in [0.2, 0.25) is 0 Å². The van der Waals surface area contributed by atoms with Crippen LogP contribution in [0.25, 0.3) is 5.03 Å². The van der Waals surface area contributed by atoms with Crippen LogP contribution in [0.15, 0.2) is 12.4 Å². The van der Waals surface area contributed by atoms with Crippen molar-refractivity contribution in [3.63, 3.8) is 0 Å². The lowest BCUT2D eigenvalue weighted by Crippen LogP contribution is -1.95. The summed E-state index contributed by atoms with van der Waals surface area (Å²) in [6.45, 7) is 5.75. The molecule has 1 heterocycles. The second-order valence-corrected chi connectivity index (χ2v) is 2.96. The zero-order chi connectivity index (χ0) is 9.14. The topological polar surface area (TPSA) is 25.8 Å². The molecule has 2 nitrogen and oxygen atoms in total. The average Bonchev–Trinajstić information content (AvgIpc) is 2.03. The summed E-state index contributed by atoms with van der Waals surface area (Å²) in [5.74, 6) is 0. The van der Waals surface area contributed by atoms with E-state index in [1.807, 2.05) is 26.8 Å². The van der Waals surface area contributed by atoms with Crippen LogP contribution in [0.5, 0.6) is 0 Å². The van der Waals surface area contributed by atoms with E-state index >= 15 is 0 Å². The van der Waals surface area contributed by atoms with E-state index in [9.17, 15) is 0 Å². The predicted molar refractivity (Wildman–Crippen MR) is 51.0 cm³/mol. The SMILES string of the molecule is C/C=C(/Cl)c1c(C)ncnc1C. The van der Waals surface area contributed by atoms with Gasteiger partial charge in [-0.25, -0.2) is 9.97 Å². The lowest BCUT2D eigenvalue weighted by Gasteiger charge is -2.05. The Balaban J connectivity index is 3.31. The molecule has 0 unspecified atom stereocenters. The van der Waals surface area contributed by atoms with Crippen LogP contribution in [0, 0.1) is 13.8 Å². The summed E-state index contributed by atoms with van der Waals surface area (Å²) in [5.41, 5.74) is 2.79. The van der Waals surface area contributed by atoms with Gasteiger partial charge in [-0.1, -0.05) is 17.7 Å². The Kier molecular flexibility index (Phi) is 2.82. The van der Waals surface area contributed by atoms with Crippen molar-refractivity contribution in [2.45, 2.75) is 20.8 Å². The van der Waals surface area contributed by atoms with Gasteiger partial charge in [0.05, 0.1) is 0 Å². The Bertz CT molecular complexity index is 298. The van der Waals surface area contributed by atoms with Crippen LogP contribution in [-0.4, -0.2) is 9.97 Å². The smallest absolute Gasteiger partial charge is 0.115 e. The maximum absolute atomic E-state index is 5.98. The molecule has 1 aromatic heterocycles. The molecular formula is C9H11ClN2. The molecule has 0 bridgehead atoms. The molecule has 64 valence electrons. The number of aryl methyl sites for hydroxylation is 2. The van der Waals surface area contributed by atoms with Gasteiger partial charge in [-0.05, 0) is 20.8 Å². The third kappa shape index (κ3) is 1.64. The second-order valence-electron chi connectivity index (χ2n) is 2.56. The van der Waals surface area contributed by atoms with Crippen LogP contribution in [0.3, 0.4) is 0 Å². The molecule has 1 rings (SSSR count). The van der Waals surface area contributed by atoms with E-state index in [1.165, 1.54) is 0 Å². The zero-order valence-corrected chi connectivity index (χ0v) is 8.18. The number of rotatable bonds is 1. The van der Waals surface area contributed by atoms with Crippen molar-refractivity contribution >= 4 is 16.6 Å². The molecule has 0 aliphatic rings. The molecule has 0 saturated heterocycles. The summed E-state index contributed by atoms with van der Waals surface area (Å²) in [4.78, 5) is 8.15. The first-order valence-electron chi connectivity index (χ1n) is 3.77. The third-order valence-corrected chi connectivity index (χ3v) is 2.13. The minimum atomic E-state index is 0.714. The fourth-order valence-corrected chi connectivity index (χ4v) is 1.36. The Morgan fingerprint density at radius 1 is 1.33 bits per heavy atom. The van der Waals surface area contributed by atoms with Crippen LogP contribution in [0.4, 0.5) is 0 Å². The normalized spacial score (nSPS) is 11.8. The number of halogens is 1. The van der Waals surface area contributed by atoms with Gasteiger partial charge >= 0.3 is 0 Å². The molecular weight excluding hydrogens is 172 g/mol. The highest BCUT2D eigenvalue weighted by Crippen LogP contribution is 2.22. The minimum Gasteiger partial charge on any atom is -0.241 e. The van der Waals surface area contributed by atoms with Crippen molar-refractivity contribution in [1.29, 1.82) is 0 Å². The highest BCUT2D eigenvalue weighted by Gasteiger charge is 2.06. The Labute approximate surface area is 77.3 Å². The molecule has 0 amide bonds. The Hall–Kier alpha value is -0.890. The van der Waals surface area contributed by atoms with E-state index in [0.717, 1.165) is 17.0 Å².